The van der Waals surface area contributed by atoms with Crippen molar-refractivity contribution in [1.29, 1.82) is 0 Å². The Kier molecular flexibility index (Phi) is 11.7. The van der Waals surface area contributed by atoms with E-state index in [-0.39, 0.29) is 6.10 Å². The molecule has 1 aromatic carbocycles. The monoisotopic (exact) mass is 351 g/mol. The first-order valence-electron chi connectivity index (χ1n) is 9.43. The number of para-hydroxylation sites is 1. The third kappa shape index (κ3) is 11.6. The molecule has 25 heavy (non-hydrogen) atoms. The summed E-state index contributed by atoms with van der Waals surface area (Å²) in [5.74, 6) is -0.285. The lowest BCUT2D eigenvalue weighted by molar-refractivity contribution is -0.145. The van der Waals surface area contributed by atoms with Crippen LogP contribution in [-0.4, -0.2) is 41.5 Å². The van der Waals surface area contributed by atoms with E-state index in [0.29, 0.717) is 18.7 Å². The van der Waals surface area contributed by atoms with Crippen LogP contribution in [0.5, 0.6) is 5.75 Å². The molecule has 0 radical (unpaired) electrons. The highest BCUT2D eigenvalue weighted by Crippen LogP contribution is 2.16. The molecule has 0 saturated carbocycles. The van der Waals surface area contributed by atoms with Crippen LogP contribution in [-0.2, 0) is 4.79 Å². The highest BCUT2D eigenvalue weighted by atomic mass is 16.5. The summed E-state index contributed by atoms with van der Waals surface area (Å²) in [5.41, 5.74) is 0. The van der Waals surface area contributed by atoms with Crippen molar-refractivity contribution in [3.63, 3.8) is 0 Å². The van der Waals surface area contributed by atoms with Gasteiger partial charge in [0.25, 0.3) is 0 Å². The van der Waals surface area contributed by atoms with Crippen molar-refractivity contribution < 1.29 is 19.7 Å². The average Bonchev–Trinajstić information content (AvgIpc) is 2.59. The van der Waals surface area contributed by atoms with Gasteiger partial charge in [-0.2, -0.15) is 0 Å². The molecule has 0 spiro atoms. The van der Waals surface area contributed by atoms with Crippen molar-refractivity contribution in [3.05, 3.63) is 30.3 Å². The van der Waals surface area contributed by atoms with Gasteiger partial charge >= 0.3 is 5.97 Å². The molecule has 0 amide bonds. The van der Waals surface area contributed by atoms with Crippen LogP contribution in [0.4, 0.5) is 0 Å². The second-order valence-electron chi connectivity index (χ2n) is 6.57. The first-order chi connectivity index (χ1) is 12.1. The number of aliphatic hydroxyl groups excluding tert-OH is 1. The molecule has 0 fully saturated rings. The van der Waals surface area contributed by atoms with E-state index in [4.69, 9.17) is 9.84 Å². The molecule has 0 saturated heterocycles. The molecule has 2 atom stereocenters. The molecule has 3 N–H and O–H groups in total. The van der Waals surface area contributed by atoms with E-state index < -0.39 is 12.1 Å². The number of carboxylic acids is 1. The number of nitrogens with one attached hydrogen (secondary N) is 1. The minimum atomic E-state index is -0.895. The maximum atomic E-state index is 11.3. The molecular weight excluding hydrogens is 318 g/mol. The van der Waals surface area contributed by atoms with Gasteiger partial charge in [-0.25, -0.2) is 4.79 Å². The zero-order valence-electron chi connectivity index (χ0n) is 15.3. The number of aliphatic hydroxyl groups is 1. The number of carboxylic acid groups (broad SMARTS) is 1. The molecule has 0 aliphatic rings. The zero-order chi connectivity index (χ0) is 18.3. The predicted molar refractivity (Wildman–Crippen MR) is 100.0 cm³/mol. The Morgan fingerprint density at radius 1 is 1.04 bits per heavy atom. The number of hydrogen-bond acceptors (Lipinski definition) is 4. The summed E-state index contributed by atoms with van der Waals surface area (Å²) in [6.45, 7) is 3.41. The normalized spacial score (nSPS) is 13.4. The summed E-state index contributed by atoms with van der Waals surface area (Å²) in [6, 6.07) is 9.13. The first-order valence-corrected chi connectivity index (χ1v) is 9.43. The van der Waals surface area contributed by atoms with Crippen molar-refractivity contribution in [2.45, 2.75) is 70.5 Å². The van der Waals surface area contributed by atoms with Gasteiger partial charge in [-0.3, -0.25) is 0 Å². The summed E-state index contributed by atoms with van der Waals surface area (Å²) < 4.78 is 5.55. The lowest BCUT2D eigenvalue weighted by Crippen LogP contribution is -2.26. The number of ether oxygens (including phenoxy) is 1. The third-order valence-electron chi connectivity index (χ3n) is 4.06. The summed E-state index contributed by atoms with van der Waals surface area (Å²) in [5, 5.41) is 21.6. The minimum Gasteiger partial charge on any atom is -0.479 e. The lowest BCUT2D eigenvalue weighted by atomic mass is 10.1. The number of aliphatic carboxylic acids is 1. The van der Waals surface area contributed by atoms with Gasteiger partial charge in [0.1, 0.15) is 5.75 Å². The number of hydrogen-bond donors (Lipinski definition) is 3. The number of unbranched alkanes of at least 4 members (excludes halogenated alkanes) is 6. The van der Waals surface area contributed by atoms with Crippen LogP contribution < -0.4 is 10.1 Å². The first kappa shape index (κ1) is 21.5. The van der Waals surface area contributed by atoms with Crippen LogP contribution in [0.3, 0.4) is 0 Å². The Labute approximate surface area is 151 Å². The lowest BCUT2D eigenvalue weighted by Gasteiger charge is -2.15. The molecule has 0 aliphatic carbocycles. The van der Waals surface area contributed by atoms with Crippen molar-refractivity contribution in [2.75, 3.05) is 13.1 Å². The molecule has 2 unspecified atom stereocenters. The smallest absolute Gasteiger partial charge is 0.344 e. The highest BCUT2D eigenvalue weighted by molar-refractivity contribution is 5.72. The standard InChI is InChI=1S/C20H33NO4/c1-17(22)16-21-15-11-6-4-2-3-5-10-14-19(20(23)24)25-18-12-8-7-9-13-18/h7-9,12-13,17,19,21-22H,2-6,10-11,14-16H2,1H3,(H,23,24). The van der Waals surface area contributed by atoms with Crippen LogP contribution in [0.1, 0.15) is 58.3 Å². The largest absolute Gasteiger partial charge is 0.479 e. The average molecular weight is 351 g/mol. The van der Waals surface area contributed by atoms with Crippen LogP contribution in [0.15, 0.2) is 30.3 Å². The van der Waals surface area contributed by atoms with E-state index in [1.807, 2.05) is 18.2 Å². The fraction of sp³-hybridized carbons (Fsp3) is 0.650. The molecule has 0 bridgehead atoms. The SMILES string of the molecule is CC(O)CNCCCCCCCCCC(Oc1ccccc1)C(=O)O. The Bertz CT molecular complexity index is 450. The van der Waals surface area contributed by atoms with Gasteiger partial charge in [0.2, 0.25) is 0 Å². The minimum absolute atomic E-state index is 0.277. The van der Waals surface area contributed by atoms with Gasteiger partial charge in [0.15, 0.2) is 6.10 Å². The van der Waals surface area contributed by atoms with Gasteiger partial charge in [-0.05, 0) is 44.9 Å². The van der Waals surface area contributed by atoms with E-state index >= 15 is 0 Å². The van der Waals surface area contributed by atoms with E-state index in [1.54, 1.807) is 19.1 Å². The summed E-state index contributed by atoms with van der Waals surface area (Å²) in [4.78, 5) is 11.3. The second kappa shape index (κ2) is 13.7. The highest BCUT2D eigenvalue weighted by Gasteiger charge is 2.18. The molecule has 142 valence electrons. The number of rotatable bonds is 15. The zero-order valence-corrected chi connectivity index (χ0v) is 15.3. The summed E-state index contributed by atoms with van der Waals surface area (Å²) in [7, 11) is 0. The maximum absolute atomic E-state index is 11.3. The second-order valence-corrected chi connectivity index (χ2v) is 6.57. The fourth-order valence-corrected chi connectivity index (χ4v) is 2.67. The molecule has 0 aliphatic heterocycles. The predicted octanol–water partition coefficient (Wildman–Crippen LogP) is 3.61. The number of benzene rings is 1. The van der Waals surface area contributed by atoms with E-state index in [1.165, 1.54) is 19.3 Å². The van der Waals surface area contributed by atoms with Crippen LogP contribution in [0, 0.1) is 0 Å². The van der Waals surface area contributed by atoms with Gasteiger partial charge in [-0.1, -0.05) is 50.3 Å². The number of carbonyl (C=O) groups is 1. The Hall–Kier alpha value is -1.59. The Morgan fingerprint density at radius 2 is 1.64 bits per heavy atom. The van der Waals surface area contributed by atoms with Crippen molar-refractivity contribution in [2.24, 2.45) is 0 Å². The molecular formula is C20H33NO4. The van der Waals surface area contributed by atoms with Crippen LogP contribution >= 0.6 is 0 Å². The van der Waals surface area contributed by atoms with E-state index in [9.17, 15) is 9.90 Å². The quantitative estimate of drug-likeness (QED) is 0.421. The van der Waals surface area contributed by atoms with Gasteiger partial charge in [0.05, 0.1) is 6.10 Å². The van der Waals surface area contributed by atoms with Crippen LogP contribution in [0.2, 0.25) is 0 Å². The van der Waals surface area contributed by atoms with Crippen LogP contribution in [0.25, 0.3) is 0 Å². The topological polar surface area (TPSA) is 78.8 Å². The third-order valence-corrected chi connectivity index (χ3v) is 4.06. The summed E-state index contributed by atoms with van der Waals surface area (Å²) in [6.07, 6.45) is 7.30. The molecule has 0 aromatic heterocycles. The van der Waals surface area contributed by atoms with Gasteiger partial charge < -0.3 is 20.3 Å². The van der Waals surface area contributed by atoms with Gasteiger partial charge in [0, 0.05) is 6.54 Å². The Morgan fingerprint density at radius 3 is 2.24 bits per heavy atom. The fourth-order valence-electron chi connectivity index (χ4n) is 2.67. The van der Waals surface area contributed by atoms with Crippen molar-refractivity contribution in [3.8, 4) is 5.75 Å². The van der Waals surface area contributed by atoms with Gasteiger partial charge in [-0.15, -0.1) is 0 Å². The molecule has 5 heteroatoms. The maximum Gasteiger partial charge on any atom is 0.344 e. The van der Waals surface area contributed by atoms with Crippen molar-refractivity contribution >= 4 is 5.97 Å². The van der Waals surface area contributed by atoms with Crippen molar-refractivity contribution in [1.82, 2.24) is 5.32 Å². The molecule has 5 nitrogen and oxygen atoms in total. The molecule has 0 heterocycles. The summed E-state index contributed by atoms with van der Waals surface area (Å²) >= 11 is 0. The molecule has 1 aromatic rings. The Balaban J connectivity index is 2.01. The molecule has 1 rings (SSSR count). The van der Waals surface area contributed by atoms with E-state index in [0.717, 1.165) is 32.2 Å². The van der Waals surface area contributed by atoms with E-state index in [2.05, 4.69) is 5.32 Å².